The first kappa shape index (κ1) is 12.0. The van der Waals surface area contributed by atoms with Gasteiger partial charge in [-0.05, 0) is 46.5 Å². The summed E-state index contributed by atoms with van der Waals surface area (Å²) < 4.78 is 26.8. The fourth-order valence-corrected chi connectivity index (χ4v) is 2.75. The summed E-state index contributed by atoms with van der Waals surface area (Å²) in [7, 11) is 0. The fourth-order valence-electron chi connectivity index (χ4n) is 2.52. The van der Waals surface area contributed by atoms with Crippen LogP contribution in [-0.2, 0) is 5.41 Å². The number of hydrogen-bond donors (Lipinski definition) is 1. The van der Waals surface area contributed by atoms with Crippen molar-refractivity contribution in [3.8, 4) is 0 Å². The van der Waals surface area contributed by atoms with Crippen molar-refractivity contribution in [3.05, 3.63) is 33.8 Å². The standard InChI is InChI=1S/C12H14BrF2N/c13-11-9(14)5-8(6-10(11)15)12(7-16)3-1-2-4-12/h5-6H,1-4,7,16H2. The van der Waals surface area contributed by atoms with Gasteiger partial charge in [-0.15, -0.1) is 0 Å². The Morgan fingerprint density at radius 1 is 1.19 bits per heavy atom. The van der Waals surface area contributed by atoms with Gasteiger partial charge < -0.3 is 5.73 Å². The van der Waals surface area contributed by atoms with E-state index in [2.05, 4.69) is 15.9 Å². The zero-order valence-electron chi connectivity index (χ0n) is 8.90. The largest absolute Gasteiger partial charge is 0.330 e. The van der Waals surface area contributed by atoms with Crippen molar-refractivity contribution in [2.45, 2.75) is 31.1 Å². The minimum absolute atomic E-state index is 0.0959. The van der Waals surface area contributed by atoms with E-state index in [-0.39, 0.29) is 9.89 Å². The highest BCUT2D eigenvalue weighted by atomic mass is 79.9. The van der Waals surface area contributed by atoms with Gasteiger partial charge in [0.1, 0.15) is 11.6 Å². The highest BCUT2D eigenvalue weighted by Crippen LogP contribution is 2.41. The Kier molecular flexibility index (Phi) is 3.31. The lowest BCUT2D eigenvalue weighted by Crippen LogP contribution is -2.32. The molecular formula is C12H14BrF2N. The molecule has 0 aromatic heterocycles. The zero-order valence-corrected chi connectivity index (χ0v) is 10.5. The van der Waals surface area contributed by atoms with Crippen LogP contribution in [0.4, 0.5) is 8.78 Å². The molecule has 1 aromatic rings. The summed E-state index contributed by atoms with van der Waals surface area (Å²) in [6.45, 7) is 0.452. The Balaban J connectivity index is 2.47. The van der Waals surface area contributed by atoms with Gasteiger partial charge in [-0.2, -0.15) is 0 Å². The molecule has 1 aromatic carbocycles. The minimum atomic E-state index is -0.547. The summed E-state index contributed by atoms with van der Waals surface area (Å²) in [6, 6.07) is 2.82. The van der Waals surface area contributed by atoms with Crippen LogP contribution in [0, 0.1) is 11.6 Å². The first-order valence-corrected chi connectivity index (χ1v) is 6.23. The second-order valence-electron chi connectivity index (χ2n) is 4.45. The van der Waals surface area contributed by atoms with Crippen LogP contribution in [0.5, 0.6) is 0 Å². The number of nitrogens with two attached hydrogens (primary N) is 1. The van der Waals surface area contributed by atoms with Crippen molar-refractivity contribution < 1.29 is 8.78 Å². The zero-order chi connectivity index (χ0) is 11.8. The summed E-state index contributed by atoms with van der Waals surface area (Å²) in [5, 5.41) is 0. The van der Waals surface area contributed by atoms with Gasteiger partial charge in [0.05, 0.1) is 4.47 Å². The monoisotopic (exact) mass is 289 g/mol. The van der Waals surface area contributed by atoms with Crippen LogP contribution in [0.2, 0.25) is 0 Å². The topological polar surface area (TPSA) is 26.0 Å². The number of benzene rings is 1. The van der Waals surface area contributed by atoms with Crippen LogP contribution < -0.4 is 5.73 Å². The highest BCUT2D eigenvalue weighted by Gasteiger charge is 2.35. The minimum Gasteiger partial charge on any atom is -0.330 e. The van der Waals surface area contributed by atoms with E-state index < -0.39 is 11.6 Å². The molecule has 0 radical (unpaired) electrons. The van der Waals surface area contributed by atoms with E-state index in [1.54, 1.807) is 0 Å². The molecule has 0 bridgehead atoms. The smallest absolute Gasteiger partial charge is 0.140 e. The third-order valence-electron chi connectivity index (χ3n) is 3.55. The molecule has 1 nitrogen and oxygen atoms in total. The third-order valence-corrected chi connectivity index (χ3v) is 4.31. The summed E-state index contributed by atoms with van der Waals surface area (Å²) >= 11 is 2.88. The molecular weight excluding hydrogens is 276 g/mol. The van der Waals surface area contributed by atoms with E-state index in [0.717, 1.165) is 25.7 Å². The molecule has 0 amide bonds. The van der Waals surface area contributed by atoms with E-state index >= 15 is 0 Å². The molecule has 4 heteroatoms. The SMILES string of the molecule is NCC1(c2cc(F)c(Br)c(F)c2)CCCC1. The van der Waals surface area contributed by atoms with E-state index in [1.165, 1.54) is 12.1 Å². The molecule has 0 atom stereocenters. The second-order valence-corrected chi connectivity index (χ2v) is 5.24. The Labute approximate surface area is 102 Å². The normalized spacial score (nSPS) is 19.0. The Bertz CT molecular complexity index is 377. The summed E-state index contributed by atoms with van der Waals surface area (Å²) in [5.74, 6) is -1.09. The predicted octanol–water partition coefficient (Wildman–Crippen LogP) is 3.50. The van der Waals surface area contributed by atoms with Crippen LogP contribution in [0.3, 0.4) is 0 Å². The Hall–Kier alpha value is -0.480. The van der Waals surface area contributed by atoms with Crippen molar-refractivity contribution in [2.24, 2.45) is 5.73 Å². The number of halogens is 3. The summed E-state index contributed by atoms with van der Waals surface area (Å²) in [4.78, 5) is 0. The van der Waals surface area contributed by atoms with E-state index in [1.807, 2.05) is 0 Å². The average molecular weight is 290 g/mol. The van der Waals surface area contributed by atoms with Gasteiger partial charge in [0, 0.05) is 12.0 Å². The summed E-state index contributed by atoms with van der Waals surface area (Å²) in [6.07, 6.45) is 4.00. The highest BCUT2D eigenvalue weighted by molar-refractivity contribution is 9.10. The van der Waals surface area contributed by atoms with Gasteiger partial charge in [-0.1, -0.05) is 12.8 Å². The molecule has 2 N–H and O–H groups in total. The molecule has 1 fully saturated rings. The number of rotatable bonds is 2. The Morgan fingerprint density at radius 3 is 2.12 bits per heavy atom. The quantitative estimate of drug-likeness (QED) is 0.829. The number of hydrogen-bond acceptors (Lipinski definition) is 1. The lowest BCUT2D eigenvalue weighted by atomic mass is 9.79. The second kappa shape index (κ2) is 4.41. The van der Waals surface area contributed by atoms with E-state index in [4.69, 9.17) is 5.73 Å². The van der Waals surface area contributed by atoms with Crippen molar-refractivity contribution >= 4 is 15.9 Å². The third kappa shape index (κ3) is 1.89. The summed E-state index contributed by atoms with van der Waals surface area (Å²) in [5.41, 5.74) is 6.26. The van der Waals surface area contributed by atoms with Gasteiger partial charge in [0.2, 0.25) is 0 Å². The maximum atomic E-state index is 13.5. The molecule has 0 heterocycles. The molecule has 1 saturated carbocycles. The van der Waals surface area contributed by atoms with Crippen molar-refractivity contribution in [1.29, 1.82) is 0 Å². The van der Waals surface area contributed by atoms with Gasteiger partial charge in [-0.25, -0.2) is 8.78 Å². The van der Waals surface area contributed by atoms with Gasteiger partial charge >= 0.3 is 0 Å². The van der Waals surface area contributed by atoms with E-state index in [0.29, 0.717) is 12.1 Å². The lowest BCUT2D eigenvalue weighted by molar-refractivity contribution is 0.444. The van der Waals surface area contributed by atoms with Crippen molar-refractivity contribution in [2.75, 3.05) is 6.54 Å². The first-order chi connectivity index (χ1) is 7.59. The van der Waals surface area contributed by atoms with Gasteiger partial charge in [0.15, 0.2) is 0 Å². The Morgan fingerprint density at radius 2 is 1.69 bits per heavy atom. The molecule has 0 spiro atoms. The van der Waals surface area contributed by atoms with Crippen molar-refractivity contribution in [1.82, 2.24) is 0 Å². The van der Waals surface area contributed by atoms with Crippen LogP contribution in [0.15, 0.2) is 16.6 Å². The van der Waals surface area contributed by atoms with Crippen molar-refractivity contribution in [3.63, 3.8) is 0 Å². The van der Waals surface area contributed by atoms with E-state index in [9.17, 15) is 8.78 Å². The van der Waals surface area contributed by atoms with Crippen LogP contribution in [0.1, 0.15) is 31.2 Å². The fraction of sp³-hybridized carbons (Fsp3) is 0.500. The molecule has 2 rings (SSSR count). The van der Waals surface area contributed by atoms with Crippen LogP contribution in [-0.4, -0.2) is 6.54 Å². The molecule has 0 aliphatic heterocycles. The lowest BCUT2D eigenvalue weighted by Gasteiger charge is -2.28. The molecule has 1 aliphatic carbocycles. The molecule has 1 aliphatic rings. The molecule has 0 unspecified atom stereocenters. The molecule has 16 heavy (non-hydrogen) atoms. The first-order valence-electron chi connectivity index (χ1n) is 5.44. The maximum Gasteiger partial charge on any atom is 0.140 e. The van der Waals surface area contributed by atoms with Crippen LogP contribution >= 0.6 is 15.9 Å². The van der Waals surface area contributed by atoms with Gasteiger partial charge in [-0.3, -0.25) is 0 Å². The molecule has 0 saturated heterocycles. The molecule has 88 valence electrons. The average Bonchev–Trinajstić information content (AvgIpc) is 2.75. The van der Waals surface area contributed by atoms with Crippen LogP contribution in [0.25, 0.3) is 0 Å². The maximum absolute atomic E-state index is 13.5. The predicted molar refractivity (Wildman–Crippen MR) is 63.3 cm³/mol. The van der Waals surface area contributed by atoms with Gasteiger partial charge in [0.25, 0.3) is 0 Å².